The van der Waals surface area contributed by atoms with Crippen molar-refractivity contribution in [3.05, 3.63) is 0 Å². The van der Waals surface area contributed by atoms with Gasteiger partial charge >= 0.3 is 0 Å². The molecule has 1 amide bonds. The maximum atomic E-state index is 11.8. The molecule has 0 spiro atoms. The molecule has 0 aliphatic carbocycles. The Balaban J connectivity index is 2.57. The van der Waals surface area contributed by atoms with Crippen LogP contribution in [0.2, 0.25) is 0 Å². The Bertz CT molecular complexity index is 237. The lowest BCUT2D eigenvalue weighted by Gasteiger charge is -2.38. The first-order valence-electron chi connectivity index (χ1n) is 5.40. The Kier molecular flexibility index (Phi) is 3.41. The van der Waals surface area contributed by atoms with Gasteiger partial charge in [-0.2, -0.15) is 0 Å². The molecule has 1 saturated heterocycles. The highest BCUT2D eigenvalue weighted by atomic mass is 16.5. The number of ether oxygens (including phenoxy) is 1. The third-order valence-electron chi connectivity index (χ3n) is 3.19. The molecule has 1 heterocycles. The zero-order valence-electron chi connectivity index (χ0n) is 9.96. The highest BCUT2D eigenvalue weighted by Crippen LogP contribution is 2.22. The first-order chi connectivity index (χ1) is 6.74. The monoisotopic (exact) mass is 215 g/mol. The first-order valence-corrected chi connectivity index (χ1v) is 5.40. The van der Waals surface area contributed by atoms with Crippen molar-refractivity contribution < 1.29 is 14.6 Å². The maximum absolute atomic E-state index is 11.8. The largest absolute Gasteiger partial charge is 0.388 e. The zero-order valence-corrected chi connectivity index (χ0v) is 9.96. The van der Waals surface area contributed by atoms with Crippen molar-refractivity contribution in [2.75, 3.05) is 6.61 Å². The highest BCUT2D eigenvalue weighted by molar-refractivity contribution is 5.81. The van der Waals surface area contributed by atoms with E-state index >= 15 is 0 Å². The van der Waals surface area contributed by atoms with Crippen LogP contribution >= 0.6 is 0 Å². The Morgan fingerprint density at radius 2 is 2.00 bits per heavy atom. The van der Waals surface area contributed by atoms with E-state index in [-0.39, 0.29) is 12.0 Å². The summed E-state index contributed by atoms with van der Waals surface area (Å²) < 4.78 is 5.28. The average molecular weight is 215 g/mol. The van der Waals surface area contributed by atoms with Crippen LogP contribution in [-0.4, -0.2) is 34.9 Å². The molecule has 0 saturated carbocycles. The summed E-state index contributed by atoms with van der Waals surface area (Å²) in [7, 11) is 0. The molecule has 1 fully saturated rings. The van der Waals surface area contributed by atoms with Crippen molar-refractivity contribution in [2.45, 2.75) is 57.8 Å². The highest BCUT2D eigenvalue weighted by Gasteiger charge is 2.38. The van der Waals surface area contributed by atoms with Crippen molar-refractivity contribution in [3.8, 4) is 0 Å². The van der Waals surface area contributed by atoms with E-state index < -0.39 is 11.1 Å². The third kappa shape index (κ3) is 2.92. The van der Waals surface area contributed by atoms with E-state index in [1.165, 1.54) is 0 Å². The Labute approximate surface area is 91.0 Å². The number of hydrogen-bond acceptors (Lipinski definition) is 3. The topological polar surface area (TPSA) is 58.6 Å². The normalized spacial score (nSPS) is 22.9. The van der Waals surface area contributed by atoms with Gasteiger partial charge in [-0.25, -0.2) is 0 Å². The minimum absolute atomic E-state index is 0.125. The number of hydrogen-bond donors (Lipinski definition) is 2. The summed E-state index contributed by atoms with van der Waals surface area (Å²) in [5.74, 6) is -0.125. The van der Waals surface area contributed by atoms with Crippen LogP contribution in [0.4, 0.5) is 0 Å². The van der Waals surface area contributed by atoms with Crippen molar-refractivity contribution in [3.63, 3.8) is 0 Å². The van der Waals surface area contributed by atoms with Crippen LogP contribution in [-0.2, 0) is 9.53 Å². The summed E-state index contributed by atoms with van der Waals surface area (Å²) in [4.78, 5) is 11.8. The van der Waals surface area contributed by atoms with Gasteiger partial charge in [0.15, 0.2) is 0 Å². The van der Waals surface area contributed by atoms with Crippen molar-refractivity contribution >= 4 is 5.91 Å². The van der Waals surface area contributed by atoms with Crippen molar-refractivity contribution in [1.29, 1.82) is 0 Å². The Hall–Kier alpha value is -0.610. The van der Waals surface area contributed by atoms with Crippen LogP contribution < -0.4 is 5.32 Å². The summed E-state index contributed by atoms with van der Waals surface area (Å²) in [5.41, 5.74) is -1.61. The van der Waals surface area contributed by atoms with E-state index in [9.17, 15) is 9.90 Å². The predicted octanol–water partition coefficient (Wildman–Crippen LogP) is 0.831. The fourth-order valence-corrected chi connectivity index (χ4v) is 1.33. The Morgan fingerprint density at radius 3 is 2.40 bits per heavy atom. The van der Waals surface area contributed by atoms with Gasteiger partial charge in [0.1, 0.15) is 6.10 Å². The molecule has 2 N–H and O–H groups in total. The smallest absolute Gasteiger partial charge is 0.249 e. The van der Waals surface area contributed by atoms with E-state index in [2.05, 4.69) is 5.32 Å². The van der Waals surface area contributed by atoms with Crippen LogP contribution in [0.5, 0.6) is 0 Å². The SMILES string of the molecule is CC(C)(O)C(C)(C)NC(=O)C1CCCO1. The molecule has 1 aliphatic rings. The van der Waals surface area contributed by atoms with Gasteiger partial charge in [0.25, 0.3) is 0 Å². The zero-order chi connectivity index (χ0) is 11.7. The molecule has 1 rings (SSSR count). The van der Waals surface area contributed by atoms with Gasteiger partial charge in [-0.15, -0.1) is 0 Å². The van der Waals surface area contributed by atoms with E-state index in [1.54, 1.807) is 27.7 Å². The predicted molar refractivity (Wildman–Crippen MR) is 57.5 cm³/mol. The second kappa shape index (κ2) is 4.10. The standard InChI is InChI=1S/C11H21NO3/c1-10(2,11(3,4)14)12-9(13)8-6-5-7-15-8/h8,14H,5-7H2,1-4H3,(H,12,13). The second-order valence-corrected chi connectivity index (χ2v) is 5.17. The molecule has 1 unspecified atom stereocenters. The molecule has 88 valence electrons. The summed E-state index contributed by atoms with van der Waals surface area (Å²) >= 11 is 0. The van der Waals surface area contributed by atoms with Crippen LogP contribution in [0, 0.1) is 0 Å². The summed E-state index contributed by atoms with van der Waals surface area (Å²) in [6.45, 7) is 7.63. The van der Waals surface area contributed by atoms with Crippen LogP contribution in [0.1, 0.15) is 40.5 Å². The van der Waals surface area contributed by atoms with Crippen molar-refractivity contribution in [1.82, 2.24) is 5.32 Å². The number of amides is 1. The summed E-state index contributed by atoms with van der Waals surface area (Å²) in [6, 6.07) is 0. The van der Waals surface area contributed by atoms with Gasteiger partial charge in [0, 0.05) is 6.61 Å². The molecule has 15 heavy (non-hydrogen) atoms. The lowest BCUT2D eigenvalue weighted by Crippen LogP contribution is -2.59. The van der Waals surface area contributed by atoms with Crippen LogP contribution in [0.3, 0.4) is 0 Å². The van der Waals surface area contributed by atoms with Gasteiger partial charge in [0.2, 0.25) is 5.91 Å². The molecule has 4 heteroatoms. The molecule has 0 bridgehead atoms. The number of carbonyl (C=O) groups is 1. The summed E-state index contributed by atoms with van der Waals surface area (Å²) in [6.07, 6.45) is 1.36. The fraction of sp³-hybridized carbons (Fsp3) is 0.909. The fourth-order valence-electron chi connectivity index (χ4n) is 1.33. The minimum Gasteiger partial charge on any atom is -0.388 e. The van der Waals surface area contributed by atoms with Gasteiger partial charge in [0.05, 0.1) is 11.1 Å². The molecule has 0 aromatic rings. The van der Waals surface area contributed by atoms with Crippen molar-refractivity contribution in [2.24, 2.45) is 0 Å². The number of rotatable bonds is 3. The lowest BCUT2D eigenvalue weighted by molar-refractivity contribution is -0.135. The molecule has 4 nitrogen and oxygen atoms in total. The lowest BCUT2D eigenvalue weighted by atomic mass is 9.86. The van der Waals surface area contributed by atoms with Gasteiger partial charge in [-0.05, 0) is 40.5 Å². The van der Waals surface area contributed by atoms with Crippen LogP contribution in [0.25, 0.3) is 0 Å². The quantitative estimate of drug-likeness (QED) is 0.733. The van der Waals surface area contributed by atoms with E-state index in [0.717, 1.165) is 12.8 Å². The molecule has 0 aromatic carbocycles. The molecular formula is C11H21NO3. The maximum Gasteiger partial charge on any atom is 0.249 e. The first kappa shape index (κ1) is 12.5. The van der Waals surface area contributed by atoms with Gasteiger partial charge < -0.3 is 15.2 Å². The third-order valence-corrected chi connectivity index (χ3v) is 3.19. The molecule has 1 aliphatic heterocycles. The van der Waals surface area contributed by atoms with E-state index in [0.29, 0.717) is 6.61 Å². The molecule has 1 atom stereocenters. The number of carbonyl (C=O) groups excluding carboxylic acids is 1. The van der Waals surface area contributed by atoms with E-state index in [4.69, 9.17) is 4.74 Å². The average Bonchev–Trinajstić information content (AvgIpc) is 2.51. The Morgan fingerprint density at radius 1 is 1.40 bits per heavy atom. The molecule has 0 aromatic heterocycles. The van der Waals surface area contributed by atoms with Crippen LogP contribution in [0.15, 0.2) is 0 Å². The van der Waals surface area contributed by atoms with E-state index in [1.807, 2.05) is 0 Å². The number of nitrogens with one attached hydrogen (secondary N) is 1. The molecule has 0 radical (unpaired) electrons. The number of aliphatic hydroxyl groups is 1. The molecular weight excluding hydrogens is 194 g/mol. The van der Waals surface area contributed by atoms with Gasteiger partial charge in [-0.3, -0.25) is 4.79 Å². The second-order valence-electron chi connectivity index (χ2n) is 5.17. The summed E-state index contributed by atoms with van der Waals surface area (Å²) in [5, 5.41) is 12.7. The minimum atomic E-state index is -0.957. The van der Waals surface area contributed by atoms with Gasteiger partial charge in [-0.1, -0.05) is 0 Å².